The maximum Gasteiger partial charge on any atom is 0.326 e. The van der Waals surface area contributed by atoms with E-state index in [1.54, 1.807) is 30.5 Å². The number of carbonyl (C=O) groups is 4. The molecule has 3 atom stereocenters. The molecule has 10 heteroatoms. The monoisotopic (exact) mass is 479 g/mol. The molecular weight excluding hydrogens is 450 g/mol. The summed E-state index contributed by atoms with van der Waals surface area (Å²) in [6.45, 7) is 1.19. The smallest absolute Gasteiger partial charge is 0.326 e. The molecule has 0 radical (unpaired) electrons. The molecule has 0 aliphatic heterocycles. The Morgan fingerprint density at radius 2 is 1.54 bits per heavy atom. The van der Waals surface area contributed by atoms with Crippen LogP contribution in [0.4, 0.5) is 0 Å². The van der Waals surface area contributed by atoms with Crippen LogP contribution in [0.3, 0.4) is 0 Å². The lowest BCUT2D eigenvalue weighted by molar-refractivity contribution is -0.142. The zero-order chi connectivity index (χ0) is 25.4. The number of aromatic amines is 1. The van der Waals surface area contributed by atoms with Crippen molar-refractivity contribution in [2.75, 3.05) is 6.54 Å². The van der Waals surface area contributed by atoms with Gasteiger partial charge in [0, 0.05) is 29.9 Å². The first kappa shape index (κ1) is 25.4. The number of fused-ring (bicyclic) bond motifs is 1. The first-order valence-electron chi connectivity index (χ1n) is 11.2. The number of hydrogen-bond acceptors (Lipinski definition) is 5. The van der Waals surface area contributed by atoms with Crippen LogP contribution in [0.2, 0.25) is 0 Å². The lowest BCUT2D eigenvalue weighted by Crippen LogP contribution is -2.56. The molecule has 1 heterocycles. The topological polar surface area (TPSA) is 166 Å². The molecule has 0 fully saturated rings. The molecule has 0 saturated carbocycles. The van der Waals surface area contributed by atoms with E-state index in [2.05, 4.69) is 20.9 Å². The van der Waals surface area contributed by atoms with Gasteiger partial charge in [-0.15, -0.1) is 0 Å². The van der Waals surface area contributed by atoms with Crippen LogP contribution in [-0.2, 0) is 32.0 Å². The summed E-state index contributed by atoms with van der Waals surface area (Å²) in [6.07, 6.45) is 1.94. The van der Waals surface area contributed by atoms with Crippen molar-refractivity contribution >= 4 is 34.6 Å². The number of H-pyrrole nitrogens is 1. The van der Waals surface area contributed by atoms with Gasteiger partial charge in [-0.1, -0.05) is 48.5 Å². The van der Waals surface area contributed by atoms with Gasteiger partial charge in [0.1, 0.15) is 18.1 Å². The van der Waals surface area contributed by atoms with E-state index in [1.807, 2.05) is 30.3 Å². The van der Waals surface area contributed by atoms with Crippen molar-refractivity contribution in [3.05, 3.63) is 71.9 Å². The van der Waals surface area contributed by atoms with Crippen molar-refractivity contribution in [2.24, 2.45) is 5.73 Å². The van der Waals surface area contributed by atoms with Crippen molar-refractivity contribution in [1.29, 1.82) is 0 Å². The third-order valence-corrected chi connectivity index (χ3v) is 5.59. The molecule has 0 bridgehead atoms. The second-order valence-electron chi connectivity index (χ2n) is 8.21. The Kier molecular flexibility index (Phi) is 8.58. The zero-order valence-corrected chi connectivity index (χ0v) is 19.3. The molecule has 0 spiro atoms. The van der Waals surface area contributed by atoms with Gasteiger partial charge >= 0.3 is 5.97 Å². The van der Waals surface area contributed by atoms with Crippen LogP contribution >= 0.6 is 0 Å². The molecule has 2 aromatic carbocycles. The number of aromatic nitrogens is 1. The molecule has 184 valence electrons. The largest absolute Gasteiger partial charge is 0.480 e. The van der Waals surface area contributed by atoms with Gasteiger partial charge < -0.3 is 31.8 Å². The van der Waals surface area contributed by atoms with Crippen LogP contribution in [0.5, 0.6) is 0 Å². The van der Waals surface area contributed by atoms with Gasteiger partial charge in [-0.05, 0) is 24.1 Å². The van der Waals surface area contributed by atoms with E-state index < -0.39 is 41.8 Å². The third kappa shape index (κ3) is 6.90. The fraction of sp³-hybridized carbons (Fsp3) is 0.280. The highest BCUT2D eigenvalue weighted by atomic mass is 16.4. The number of rotatable bonds is 11. The van der Waals surface area contributed by atoms with Crippen LogP contribution < -0.4 is 21.7 Å². The van der Waals surface area contributed by atoms with Crippen LogP contribution in [0.1, 0.15) is 18.1 Å². The Balaban J connectivity index is 1.81. The number of para-hydroxylation sites is 1. The summed E-state index contributed by atoms with van der Waals surface area (Å²) in [5.41, 5.74) is 7.68. The summed E-state index contributed by atoms with van der Waals surface area (Å²) >= 11 is 0. The van der Waals surface area contributed by atoms with E-state index in [-0.39, 0.29) is 19.4 Å². The standard InChI is InChI=1S/C25H29N5O5/c1-15(28-22(31)13-26)23(32)29-20(12-17-14-27-19-10-6-5-9-18(17)19)24(33)30-21(25(34)35)11-16-7-3-2-4-8-16/h2-10,14-15,20-21,27H,11-13,26H2,1H3,(H,28,31)(H,29,32)(H,30,33)(H,34,35). The maximum absolute atomic E-state index is 13.2. The zero-order valence-electron chi connectivity index (χ0n) is 19.3. The molecule has 7 N–H and O–H groups in total. The van der Waals surface area contributed by atoms with Crippen molar-refractivity contribution in [3.8, 4) is 0 Å². The first-order chi connectivity index (χ1) is 16.8. The minimum Gasteiger partial charge on any atom is -0.480 e. The van der Waals surface area contributed by atoms with Crippen LogP contribution in [-0.4, -0.2) is 58.5 Å². The summed E-state index contributed by atoms with van der Waals surface area (Å²) in [6, 6.07) is 13.2. The van der Waals surface area contributed by atoms with E-state index in [1.165, 1.54) is 6.92 Å². The highest BCUT2D eigenvalue weighted by Gasteiger charge is 2.29. The number of aliphatic carboxylic acids is 1. The second kappa shape index (κ2) is 11.8. The Labute approximate surface area is 202 Å². The quantitative estimate of drug-likeness (QED) is 0.234. The number of amides is 3. The molecular formula is C25H29N5O5. The minimum atomic E-state index is -1.19. The third-order valence-electron chi connectivity index (χ3n) is 5.59. The van der Waals surface area contributed by atoms with E-state index >= 15 is 0 Å². The maximum atomic E-state index is 13.2. The first-order valence-corrected chi connectivity index (χ1v) is 11.2. The summed E-state index contributed by atoms with van der Waals surface area (Å²) in [4.78, 5) is 52.6. The molecule has 3 rings (SSSR count). The minimum absolute atomic E-state index is 0.0820. The fourth-order valence-corrected chi connectivity index (χ4v) is 3.71. The predicted octanol–water partition coefficient (Wildman–Crippen LogP) is 0.471. The van der Waals surface area contributed by atoms with E-state index in [9.17, 15) is 24.3 Å². The van der Waals surface area contributed by atoms with E-state index in [0.29, 0.717) is 0 Å². The number of nitrogens with one attached hydrogen (secondary N) is 4. The van der Waals surface area contributed by atoms with Gasteiger partial charge in [0.15, 0.2) is 0 Å². The number of hydrogen-bond donors (Lipinski definition) is 6. The fourth-order valence-electron chi connectivity index (χ4n) is 3.71. The van der Waals surface area contributed by atoms with Crippen LogP contribution in [0, 0.1) is 0 Å². The van der Waals surface area contributed by atoms with Gasteiger partial charge in [0.25, 0.3) is 0 Å². The van der Waals surface area contributed by atoms with Crippen molar-refractivity contribution in [3.63, 3.8) is 0 Å². The van der Waals surface area contributed by atoms with Gasteiger partial charge in [0.2, 0.25) is 17.7 Å². The summed E-state index contributed by atoms with van der Waals surface area (Å²) in [5.74, 6) is -2.95. The Hall–Kier alpha value is -4.18. The highest BCUT2D eigenvalue weighted by Crippen LogP contribution is 2.19. The average molecular weight is 480 g/mol. The summed E-state index contributed by atoms with van der Waals surface area (Å²) in [5, 5.41) is 18.2. The van der Waals surface area contributed by atoms with Crippen LogP contribution in [0.15, 0.2) is 60.8 Å². The van der Waals surface area contributed by atoms with E-state index in [0.717, 1.165) is 22.0 Å². The van der Waals surface area contributed by atoms with Crippen molar-refractivity contribution < 1.29 is 24.3 Å². The molecule has 0 aliphatic rings. The van der Waals surface area contributed by atoms with Gasteiger partial charge in [-0.2, -0.15) is 0 Å². The predicted molar refractivity (Wildman–Crippen MR) is 130 cm³/mol. The normalized spacial score (nSPS) is 13.4. The van der Waals surface area contributed by atoms with Gasteiger partial charge in [0.05, 0.1) is 6.54 Å². The molecule has 3 unspecified atom stereocenters. The number of carboxylic acids is 1. The Morgan fingerprint density at radius 3 is 2.23 bits per heavy atom. The SMILES string of the molecule is CC(NC(=O)CN)C(=O)NC(Cc1c[nH]c2ccccc12)C(=O)NC(Cc1ccccc1)C(=O)O. The second-order valence-corrected chi connectivity index (χ2v) is 8.21. The number of benzene rings is 2. The highest BCUT2D eigenvalue weighted by molar-refractivity contribution is 5.94. The summed E-state index contributed by atoms with van der Waals surface area (Å²) < 4.78 is 0. The number of carbonyl (C=O) groups excluding carboxylic acids is 3. The molecule has 1 aromatic heterocycles. The van der Waals surface area contributed by atoms with Crippen molar-refractivity contribution in [1.82, 2.24) is 20.9 Å². The number of carboxylic acid groups (broad SMARTS) is 1. The van der Waals surface area contributed by atoms with Crippen molar-refractivity contribution in [2.45, 2.75) is 37.9 Å². The average Bonchev–Trinajstić information content (AvgIpc) is 3.26. The lowest BCUT2D eigenvalue weighted by Gasteiger charge is -2.23. The Bertz CT molecular complexity index is 1190. The van der Waals surface area contributed by atoms with Gasteiger partial charge in [-0.25, -0.2) is 4.79 Å². The summed E-state index contributed by atoms with van der Waals surface area (Å²) in [7, 11) is 0. The molecule has 35 heavy (non-hydrogen) atoms. The molecule has 0 aliphatic carbocycles. The van der Waals surface area contributed by atoms with Crippen LogP contribution in [0.25, 0.3) is 10.9 Å². The molecule has 3 amide bonds. The molecule has 10 nitrogen and oxygen atoms in total. The van der Waals surface area contributed by atoms with E-state index in [4.69, 9.17) is 5.73 Å². The van der Waals surface area contributed by atoms with Gasteiger partial charge in [-0.3, -0.25) is 14.4 Å². The molecule has 0 saturated heterocycles. The molecule has 3 aromatic rings. The number of nitrogens with two attached hydrogens (primary N) is 1. The Morgan fingerprint density at radius 1 is 0.886 bits per heavy atom. The lowest BCUT2D eigenvalue weighted by atomic mass is 10.0.